The van der Waals surface area contributed by atoms with Gasteiger partial charge in [0.2, 0.25) is 0 Å². The molecule has 3 N–H and O–H groups in total. The Balaban J connectivity index is 2.12. The highest BCUT2D eigenvalue weighted by molar-refractivity contribution is 9.10. The predicted octanol–water partition coefficient (Wildman–Crippen LogP) is 3.44. The molecule has 0 unspecified atom stereocenters. The molecule has 21 heavy (non-hydrogen) atoms. The van der Waals surface area contributed by atoms with E-state index in [2.05, 4.69) is 21.2 Å². The zero-order valence-corrected chi connectivity index (χ0v) is 13.6. The molecule has 4 heteroatoms. The minimum absolute atomic E-state index is 0.0449. The minimum Gasteiger partial charge on any atom is -0.346 e. The van der Waals surface area contributed by atoms with Crippen LogP contribution in [0, 0.1) is 0 Å². The Morgan fingerprint density at radius 2 is 1.86 bits per heavy atom. The number of halogens is 1. The maximum Gasteiger partial charge on any atom is 0.252 e. The quantitative estimate of drug-likeness (QED) is 0.871. The average molecular weight is 347 g/mol. The fourth-order valence-electron chi connectivity index (χ4n) is 2.22. The van der Waals surface area contributed by atoms with E-state index in [9.17, 15) is 4.79 Å². The SMILES string of the molecule is C[C@H](NC(=O)c1ccccc1CCN)c1ccc(Br)cc1. The molecule has 0 aliphatic heterocycles. The number of amides is 1. The molecule has 0 aromatic heterocycles. The number of benzene rings is 2. The molecule has 0 spiro atoms. The van der Waals surface area contributed by atoms with E-state index in [4.69, 9.17) is 5.73 Å². The van der Waals surface area contributed by atoms with E-state index in [1.165, 1.54) is 0 Å². The van der Waals surface area contributed by atoms with Crippen molar-refractivity contribution in [3.05, 3.63) is 69.7 Å². The van der Waals surface area contributed by atoms with Crippen LogP contribution in [-0.2, 0) is 6.42 Å². The van der Waals surface area contributed by atoms with Crippen LogP contribution < -0.4 is 11.1 Å². The summed E-state index contributed by atoms with van der Waals surface area (Å²) >= 11 is 3.41. The first-order chi connectivity index (χ1) is 10.1. The van der Waals surface area contributed by atoms with Crippen molar-refractivity contribution in [2.75, 3.05) is 6.54 Å². The molecule has 0 saturated carbocycles. The van der Waals surface area contributed by atoms with E-state index in [0.29, 0.717) is 18.5 Å². The maximum absolute atomic E-state index is 12.4. The van der Waals surface area contributed by atoms with Crippen molar-refractivity contribution in [2.24, 2.45) is 5.73 Å². The summed E-state index contributed by atoms with van der Waals surface area (Å²) in [6, 6.07) is 15.5. The van der Waals surface area contributed by atoms with Gasteiger partial charge in [0.05, 0.1) is 6.04 Å². The van der Waals surface area contributed by atoms with Gasteiger partial charge in [-0.15, -0.1) is 0 Å². The third kappa shape index (κ3) is 4.16. The highest BCUT2D eigenvalue weighted by atomic mass is 79.9. The van der Waals surface area contributed by atoms with Crippen molar-refractivity contribution in [3.63, 3.8) is 0 Å². The summed E-state index contributed by atoms with van der Waals surface area (Å²) in [7, 11) is 0. The van der Waals surface area contributed by atoms with Gasteiger partial charge in [-0.1, -0.05) is 46.3 Å². The van der Waals surface area contributed by atoms with Gasteiger partial charge in [-0.25, -0.2) is 0 Å². The first-order valence-corrected chi connectivity index (χ1v) is 7.75. The Morgan fingerprint density at radius 1 is 1.19 bits per heavy atom. The summed E-state index contributed by atoms with van der Waals surface area (Å²) in [5.41, 5.74) is 8.36. The summed E-state index contributed by atoms with van der Waals surface area (Å²) in [6.07, 6.45) is 0.705. The number of carbonyl (C=O) groups excluding carboxylic acids is 1. The Bertz CT molecular complexity index is 610. The molecule has 110 valence electrons. The van der Waals surface area contributed by atoms with Crippen LogP contribution in [0.5, 0.6) is 0 Å². The van der Waals surface area contributed by atoms with E-state index in [1.54, 1.807) is 0 Å². The molecule has 0 radical (unpaired) electrons. The smallest absolute Gasteiger partial charge is 0.252 e. The van der Waals surface area contributed by atoms with Crippen LogP contribution in [0.15, 0.2) is 53.0 Å². The third-order valence-electron chi connectivity index (χ3n) is 3.39. The number of carbonyl (C=O) groups is 1. The second-order valence-corrected chi connectivity index (χ2v) is 5.86. The fraction of sp³-hybridized carbons (Fsp3) is 0.235. The molecular formula is C17H19BrN2O. The number of hydrogen-bond acceptors (Lipinski definition) is 2. The van der Waals surface area contributed by atoms with Crippen molar-refractivity contribution in [3.8, 4) is 0 Å². The molecule has 1 atom stereocenters. The van der Waals surface area contributed by atoms with Crippen molar-refractivity contribution in [1.82, 2.24) is 5.32 Å². The molecule has 3 nitrogen and oxygen atoms in total. The Hall–Kier alpha value is -1.65. The zero-order valence-electron chi connectivity index (χ0n) is 12.0. The van der Waals surface area contributed by atoms with Crippen molar-refractivity contribution < 1.29 is 4.79 Å². The van der Waals surface area contributed by atoms with E-state index in [1.807, 2.05) is 55.5 Å². The number of rotatable bonds is 5. The molecule has 0 aliphatic rings. The second kappa shape index (κ2) is 7.38. The van der Waals surface area contributed by atoms with Crippen molar-refractivity contribution in [1.29, 1.82) is 0 Å². The van der Waals surface area contributed by atoms with Gasteiger partial charge in [-0.3, -0.25) is 4.79 Å². The lowest BCUT2D eigenvalue weighted by Gasteiger charge is -2.16. The van der Waals surface area contributed by atoms with Crippen LogP contribution in [-0.4, -0.2) is 12.5 Å². The summed E-state index contributed by atoms with van der Waals surface area (Å²) in [5, 5.41) is 3.04. The van der Waals surface area contributed by atoms with Crippen molar-refractivity contribution >= 4 is 21.8 Å². The van der Waals surface area contributed by atoms with E-state index < -0.39 is 0 Å². The lowest BCUT2D eigenvalue weighted by atomic mass is 10.0. The predicted molar refractivity (Wildman–Crippen MR) is 89.2 cm³/mol. The number of hydrogen-bond donors (Lipinski definition) is 2. The number of nitrogens with two attached hydrogens (primary N) is 1. The number of nitrogens with one attached hydrogen (secondary N) is 1. The molecule has 2 aromatic rings. The summed E-state index contributed by atoms with van der Waals surface area (Å²) in [4.78, 5) is 12.4. The average Bonchev–Trinajstić information content (AvgIpc) is 2.48. The maximum atomic E-state index is 12.4. The van der Waals surface area contributed by atoms with Crippen LogP contribution in [0.25, 0.3) is 0 Å². The normalized spacial score (nSPS) is 12.0. The molecule has 2 rings (SSSR count). The second-order valence-electron chi connectivity index (χ2n) is 4.94. The van der Waals surface area contributed by atoms with Gasteiger partial charge in [-0.05, 0) is 49.2 Å². The first kappa shape index (κ1) is 15.7. The largest absolute Gasteiger partial charge is 0.346 e. The monoisotopic (exact) mass is 346 g/mol. The third-order valence-corrected chi connectivity index (χ3v) is 3.92. The summed E-state index contributed by atoms with van der Waals surface area (Å²) in [6.45, 7) is 2.51. The van der Waals surface area contributed by atoms with Gasteiger partial charge >= 0.3 is 0 Å². The lowest BCUT2D eigenvalue weighted by Crippen LogP contribution is -2.27. The summed E-state index contributed by atoms with van der Waals surface area (Å²) < 4.78 is 1.03. The van der Waals surface area contributed by atoms with E-state index >= 15 is 0 Å². The van der Waals surface area contributed by atoms with Crippen LogP contribution in [0.4, 0.5) is 0 Å². The van der Waals surface area contributed by atoms with Gasteiger partial charge < -0.3 is 11.1 Å². The molecule has 0 fully saturated rings. The molecular weight excluding hydrogens is 328 g/mol. The highest BCUT2D eigenvalue weighted by Gasteiger charge is 2.14. The molecule has 0 bridgehead atoms. The van der Waals surface area contributed by atoms with Gasteiger partial charge in [0.1, 0.15) is 0 Å². The van der Waals surface area contributed by atoms with E-state index in [-0.39, 0.29) is 11.9 Å². The van der Waals surface area contributed by atoms with Crippen molar-refractivity contribution in [2.45, 2.75) is 19.4 Å². The molecule has 1 amide bonds. The fourth-order valence-corrected chi connectivity index (χ4v) is 2.49. The zero-order chi connectivity index (χ0) is 15.2. The van der Waals surface area contributed by atoms with Crippen LogP contribution in [0.2, 0.25) is 0 Å². The van der Waals surface area contributed by atoms with E-state index in [0.717, 1.165) is 15.6 Å². The lowest BCUT2D eigenvalue weighted by molar-refractivity contribution is 0.0939. The molecule has 0 saturated heterocycles. The minimum atomic E-state index is -0.0607. The molecule has 0 aliphatic carbocycles. The first-order valence-electron chi connectivity index (χ1n) is 6.96. The van der Waals surface area contributed by atoms with Gasteiger partial charge in [-0.2, -0.15) is 0 Å². The van der Waals surface area contributed by atoms with Crippen LogP contribution in [0.1, 0.15) is 34.5 Å². The molecule has 0 heterocycles. The van der Waals surface area contributed by atoms with Gasteiger partial charge in [0.15, 0.2) is 0 Å². The van der Waals surface area contributed by atoms with Gasteiger partial charge in [0, 0.05) is 10.0 Å². The highest BCUT2D eigenvalue weighted by Crippen LogP contribution is 2.18. The topological polar surface area (TPSA) is 55.1 Å². The molecule has 2 aromatic carbocycles. The Labute approximate surface area is 133 Å². The van der Waals surface area contributed by atoms with Crippen LogP contribution >= 0.6 is 15.9 Å². The van der Waals surface area contributed by atoms with Crippen LogP contribution in [0.3, 0.4) is 0 Å². The standard InChI is InChI=1S/C17H19BrN2O/c1-12(13-6-8-15(18)9-7-13)20-17(21)16-5-3-2-4-14(16)10-11-19/h2-9,12H,10-11,19H2,1H3,(H,20,21)/t12-/m0/s1. The Kier molecular flexibility index (Phi) is 5.53. The van der Waals surface area contributed by atoms with Gasteiger partial charge in [0.25, 0.3) is 5.91 Å². The summed E-state index contributed by atoms with van der Waals surface area (Å²) in [5.74, 6) is -0.0607. The Morgan fingerprint density at radius 3 is 2.52 bits per heavy atom.